The van der Waals surface area contributed by atoms with Crippen LogP contribution in [-0.4, -0.2) is 23.1 Å². The second kappa shape index (κ2) is 7.06. The zero-order chi connectivity index (χ0) is 13.7. The number of halogens is 1. The first-order chi connectivity index (χ1) is 9.19. The highest BCUT2D eigenvalue weighted by Crippen LogP contribution is 2.26. The molecular weight excluding hydrogens is 262 g/mol. The second-order valence-corrected chi connectivity index (χ2v) is 5.68. The number of ether oxygens (including phenoxy) is 1. The molecule has 1 aromatic heterocycles. The summed E-state index contributed by atoms with van der Waals surface area (Å²) in [7, 11) is 1.63. The molecule has 0 aromatic carbocycles. The predicted octanol–water partition coefficient (Wildman–Crippen LogP) is 3.66. The van der Waals surface area contributed by atoms with Crippen LogP contribution < -0.4 is 5.32 Å². The number of anilines is 1. The molecule has 1 fully saturated rings. The minimum absolute atomic E-state index is 0.384. The molecule has 2 unspecified atom stereocenters. The predicted molar refractivity (Wildman–Crippen MR) is 77.4 cm³/mol. The van der Waals surface area contributed by atoms with Gasteiger partial charge in [0, 0.05) is 19.2 Å². The Balaban J connectivity index is 2.08. The van der Waals surface area contributed by atoms with Crippen LogP contribution in [0.4, 0.5) is 5.82 Å². The van der Waals surface area contributed by atoms with Crippen molar-refractivity contribution in [3.63, 3.8) is 0 Å². The molecule has 19 heavy (non-hydrogen) atoms. The summed E-state index contributed by atoms with van der Waals surface area (Å²) in [6, 6.07) is 2.27. The molecule has 1 aliphatic rings. The summed E-state index contributed by atoms with van der Waals surface area (Å²) in [6.07, 6.45) is 6.43. The Morgan fingerprint density at radius 3 is 2.89 bits per heavy atom. The summed E-state index contributed by atoms with van der Waals surface area (Å²) in [4.78, 5) is 8.59. The van der Waals surface area contributed by atoms with Crippen molar-refractivity contribution in [1.29, 1.82) is 0 Å². The van der Waals surface area contributed by atoms with Gasteiger partial charge in [-0.2, -0.15) is 0 Å². The summed E-state index contributed by atoms with van der Waals surface area (Å²) < 4.78 is 5.06. The van der Waals surface area contributed by atoms with Crippen LogP contribution in [0.15, 0.2) is 6.07 Å². The second-order valence-electron chi connectivity index (χ2n) is 5.29. The molecule has 0 radical (unpaired) electrons. The Labute approximate surface area is 119 Å². The molecule has 106 valence electrons. The fourth-order valence-corrected chi connectivity index (χ4v) is 2.83. The fourth-order valence-electron chi connectivity index (χ4n) is 2.63. The van der Waals surface area contributed by atoms with Crippen LogP contribution in [0.1, 0.15) is 44.9 Å². The Kier molecular flexibility index (Phi) is 5.40. The molecule has 1 aromatic rings. The first kappa shape index (κ1) is 14.5. The van der Waals surface area contributed by atoms with E-state index in [1.165, 1.54) is 32.1 Å². The number of aromatic nitrogens is 2. The van der Waals surface area contributed by atoms with Crippen molar-refractivity contribution >= 4 is 17.4 Å². The van der Waals surface area contributed by atoms with E-state index in [9.17, 15) is 0 Å². The Morgan fingerprint density at radius 2 is 2.11 bits per heavy atom. The van der Waals surface area contributed by atoms with Crippen molar-refractivity contribution in [2.24, 2.45) is 5.92 Å². The zero-order valence-corrected chi connectivity index (χ0v) is 12.4. The average Bonchev–Trinajstić information content (AvgIpc) is 2.55. The van der Waals surface area contributed by atoms with E-state index in [0.29, 0.717) is 29.5 Å². The summed E-state index contributed by atoms with van der Waals surface area (Å²) >= 11 is 6.03. The molecule has 5 heteroatoms. The van der Waals surface area contributed by atoms with E-state index in [0.717, 1.165) is 5.82 Å². The number of nitrogens with one attached hydrogen (secondary N) is 1. The van der Waals surface area contributed by atoms with Gasteiger partial charge in [0.25, 0.3) is 0 Å². The van der Waals surface area contributed by atoms with Crippen LogP contribution in [-0.2, 0) is 11.3 Å². The Hall–Kier alpha value is -0.870. The zero-order valence-electron chi connectivity index (χ0n) is 11.7. The van der Waals surface area contributed by atoms with Gasteiger partial charge in [-0.05, 0) is 18.8 Å². The standard InChI is InChI=1S/C14H22ClN3O/c1-10-6-4-3-5-7-11(10)16-13-8-12(15)17-14(18-13)9-19-2/h8,10-11H,3-7,9H2,1-2H3,(H,16,17,18). The van der Waals surface area contributed by atoms with E-state index < -0.39 is 0 Å². The molecule has 0 saturated heterocycles. The van der Waals surface area contributed by atoms with Crippen molar-refractivity contribution < 1.29 is 4.74 Å². The topological polar surface area (TPSA) is 47.0 Å². The summed E-state index contributed by atoms with van der Waals surface area (Å²) in [5.41, 5.74) is 0. The van der Waals surface area contributed by atoms with Gasteiger partial charge in [-0.25, -0.2) is 9.97 Å². The molecule has 2 atom stereocenters. The first-order valence-corrected chi connectivity index (χ1v) is 7.36. The van der Waals surface area contributed by atoms with Gasteiger partial charge in [0.1, 0.15) is 17.6 Å². The normalized spacial score (nSPS) is 23.9. The third kappa shape index (κ3) is 4.32. The quantitative estimate of drug-likeness (QED) is 0.677. The van der Waals surface area contributed by atoms with E-state index in [-0.39, 0.29) is 0 Å². The van der Waals surface area contributed by atoms with Gasteiger partial charge in [-0.3, -0.25) is 0 Å². The third-order valence-electron chi connectivity index (χ3n) is 3.71. The smallest absolute Gasteiger partial charge is 0.158 e. The highest BCUT2D eigenvalue weighted by Gasteiger charge is 2.20. The molecule has 1 heterocycles. The van der Waals surface area contributed by atoms with E-state index in [4.69, 9.17) is 16.3 Å². The van der Waals surface area contributed by atoms with Gasteiger partial charge >= 0.3 is 0 Å². The lowest BCUT2D eigenvalue weighted by atomic mass is 9.97. The minimum Gasteiger partial charge on any atom is -0.377 e. The lowest BCUT2D eigenvalue weighted by Crippen LogP contribution is -2.27. The monoisotopic (exact) mass is 283 g/mol. The molecule has 1 saturated carbocycles. The number of hydrogen-bond acceptors (Lipinski definition) is 4. The number of hydrogen-bond donors (Lipinski definition) is 1. The highest BCUT2D eigenvalue weighted by molar-refractivity contribution is 6.29. The highest BCUT2D eigenvalue weighted by atomic mass is 35.5. The van der Waals surface area contributed by atoms with Crippen LogP contribution in [0.3, 0.4) is 0 Å². The van der Waals surface area contributed by atoms with Gasteiger partial charge in [0.15, 0.2) is 5.82 Å². The summed E-state index contributed by atoms with van der Waals surface area (Å²) in [5, 5.41) is 3.98. The third-order valence-corrected chi connectivity index (χ3v) is 3.90. The van der Waals surface area contributed by atoms with E-state index in [1.807, 2.05) is 0 Å². The van der Waals surface area contributed by atoms with Crippen molar-refractivity contribution in [3.05, 3.63) is 17.0 Å². The van der Waals surface area contributed by atoms with Gasteiger partial charge in [-0.1, -0.05) is 37.8 Å². The molecule has 1 N–H and O–H groups in total. The van der Waals surface area contributed by atoms with Crippen molar-refractivity contribution in [2.75, 3.05) is 12.4 Å². The van der Waals surface area contributed by atoms with Crippen LogP contribution in [0.2, 0.25) is 5.15 Å². The van der Waals surface area contributed by atoms with Crippen LogP contribution in [0.25, 0.3) is 0 Å². The molecule has 1 aliphatic carbocycles. The van der Waals surface area contributed by atoms with Crippen molar-refractivity contribution in [1.82, 2.24) is 9.97 Å². The van der Waals surface area contributed by atoms with Crippen LogP contribution in [0, 0.1) is 5.92 Å². The average molecular weight is 284 g/mol. The maximum Gasteiger partial charge on any atom is 0.158 e. The molecule has 0 bridgehead atoms. The summed E-state index contributed by atoms with van der Waals surface area (Å²) in [5.74, 6) is 2.10. The molecule has 0 amide bonds. The van der Waals surface area contributed by atoms with E-state index in [1.54, 1.807) is 13.2 Å². The van der Waals surface area contributed by atoms with E-state index >= 15 is 0 Å². The Morgan fingerprint density at radius 1 is 1.32 bits per heavy atom. The maximum absolute atomic E-state index is 6.03. The van der Waals surface area contributed by atoms with E-state index in [2.05, 4.69) is 22.2 Å². The molecular formula is C14H22ClN3O. The largest absolute Gasteiger partial charge is 0.377 e. The lowest BCUT2D eigenvalue weighted by molar-refractivity contribution is 0.178. The van der Waals surface area contributed by atoms with Gasteiger partial charge in [0.05, 0.1) is 0 Å². The maximum atomic E-state index is 6.03. The Bertz CT molecular complexity index is 414. The molecule has 4 nitrogen and oxygen atoms in total. The lowest BCUT2D eigenvalue weighted by Gasteiger charge is -2.23. The fraction of sp³-hybridized carbons (Fsp3) is 0.714. The number of rotatable bonds is 4. The first-order valence-electron chi connectivity index (χ1n) is 6.98. The van der Waals surface area contributed by atoms with Crippen LogP contribution >= 0.6 is 11.6 Å². The van der Waals surface area contributed by atoms with Crippen LogP contribution in [0.5, 0.6) is 0 Å². The summed E-state index contributed by atoms with van der Waals surface area (Å²) in [6.45, 7) is 2.69. The SMILES string of the molecule is COCc1nc(Cl)cc(NC2CCCCCC2C)n1. The molecule has 0 aliphatic heterocycles. The number of nitrogens with zero attached hydrogens (tertiary/aromatic N) is 2. The van der Waals surface area contributed by atoms with Gasteiger partial charge < -0.3 is 10.1 Å². The van der Waals surface area contributed by atoms with Crippen molar-refractivity contribution in [3.8, 4) is 0 Å². The van der Waals surface area contributed by atoms with Gasteiger partial charge in [-0.15, -0.1) is 0 Å². The van der Waals surface area contributed by atoms with Gasteiger partial charge in [0.2, 0.25) is 0 Å². The minimum atomic E-state index is 0.384. The molecule has 2 rings (SSSR count). The van der Waals surface area contributed by atoms with Crippen molar-refractivity contribution in [2.45, 2.75) is 51.7 Å². The molecule has 0 spiro atoms. The number of methoxy groups -OCH3 is 1.